The molecule has 0 aliphatic carbocycles. The van der Waals surface area contributed by atoms with Gasteiger partial charge in [-0.2, -0.15) is 0 Å². The molecule has 0 bridgehead atoms. The molecule has 0 saturated heterocycles. The molecule has 2 atom stereocenters. The molecule has 0 rings (SSSR count). The fourth-order valence-corrected chi connectivity index (χ4v) is 1.22. The molecule has 5 N–H and O–H groups in total. The van der Waals surface area contributed by atoms with Gasteiger partial charge in [0, 0.05) is 6.42 Å². The number of aliphatic hydroxyl groups is 2. The SMILES string of the molecule is O=CN(O)CC(O)CC(O)/C=C/P(O)O. The van der Waals surface area contributed by atoms with Crippen LogP contribution in [0.5, 0.6) is 0 Å². The minimum absolute atomic E-state index is 0.120. The first kappa shape index (κ1) is 14.4. The average molecular weight is 239 g/mol. The van der Waals surface area contributed by atoms with Gasteiger partial charge in [0.1, 0.15) is 0 Å². The number of hydrogen-bond donors (Lipinski definition) is 5. The van der Waals surface area contributed by atoms with Gasteiger partial charge in [-0.1, -0.05) is 6.08 Å². The molecule has 0 saturated carbocycles. The molecule has 0 heterocycles. The summed E-state index contributed by atoms with van der Waals surface area (Å²) in [5.41, 5.74) is 0. The van der Waals surface area contributed by atoms with Crippen LogP contribution in [0.2, 0.25) is 0 Å². The fraction of sp³-hybridized carbons (Fsp3) is 0.571. The van der Waals surface area contributed by atoms with Gasteiger partial charge in [0.05, 0.1) is 18.8 Å². The van der Waals surface area contributed by atoms with Crippen LogP contribution in [0.3, 0.4) is 0 Å². The van der Waals surface area contributed by atoms with Crippen molar-refractivity contribution in [1.29, 1.82) is 0 Å². The topological polar surface area (TPSA) is 121 Å². The highest BCUT2D eigenvalue weighted by molar-refractivity contribution is 7.48. The highest BCUT2D eigenvalue weighted by Gasteiger charge is 2.12. The van der Waals surface area contributed by atoms with E-state index < -0.39 is 20.6 Å². The Hall–Kier alpha value is -0.560. The van der Waals surface area contributed by atoms with E-state index in [2.05, 4.69) is 0 Å². The zero-order valence-electron chi connectivity index (χ0n) is 7.84. The van der Waals surface area contributed by atoms with Crippen molar-refractivity contribution in [2.45, 2.75) is 18.6 Å². The Kier molecular flexibility index (Phi) is 7.41. The number of amides is 1. The van der Waals surface area contributed by atoms with Crippen molar-refractivity contribution in [2.24, 2.45) is 0 Å². The van der Waals surface area contributed by atoms with Gasteiger partial charge in [0.2, 0.25) is 6.41 Å². The summed E-state index contributed by atoms with van der Waals surface area (Å²) in [6.07, 6.45) is -1.03. The van der Waals surface area contributed by atoms with E-state index in [-0.39, 0.29) is 24.4 Å². The number of rotatable bonds is 7. The Morgan fingerprint density at radius 1 is 1.33 bits per heavy atom. The van der Waals surface area contributed by atoms with Gasteiger partial charge in [-0.15, -0.1) is 0 Å². The van der Waals surface area contributed by atoms with Gasteiger partial charge in [-0.05, 0) is 5.82 Å². The largest absolute Gasteiger partial charge is 0.391 e. The first-order chi connectivity index (χ1) is 6.95. The molecular weight excluding hydrogens is 225 g/mol. The van der Waals surface area contributed by atoms with Crippen LogP contribution in [-0.2, 0) is 4.79 Å². The molecule has 0 aromatic carbocycles. The molecule has 8 heteroatoms. The minimum atomic E-state index is -2.22. The minimum Gasteiger partial charge on any atom is -0.391 e. The summed E-state index contributed by atoms with van der Waals surface area (Å²) in [5, 5.41) is 27.4. The van der Waals surface area contributed by atoms with Crippen molar-refractivity contribution < 1.29 is 30.0 Å². The second-order valence-electron chi connectivity index (χ2n) is 2.85. The molecule has 0 aliphatic heterocycles. The highest BCUT2D eigenvalue weighted by Crippen LogP contribution is 2.24. The van der Waals surface area contributed by atoms with E-state index in [4.69, 9.17) is 15.0 Å². The molecule has 88 valence electrons. The van der Waals surface area contributed by atoms with Crippen LogP contribution in [0.4, 0.5) is 0 Å². The maximum Gasteiger partial charge on any atom is 0.233 e. The molecule has 0 fully saturated rings. The summed E-state index contributed by atoms with van der Waals surface area (Å²) in [6, 6.07) is 0. The Morgan fingerprint density at radius 3 is 2.40 bits per heavy atom. The molecule has 0 aromatic rings. The number of hydrogen-bond acceptors (Lipinski definition) is 6. The smallest absolute Gasteiger partial charge is 0.233 e. The van der Waals surface area contributed by atoms with Gasteiger partial charge in [-0.3, -0.25) is 10.0 Å². The van der Waals surface area contributed by atoms with E-state index in [0.717, 1.165) is 11.9 Å². The maximum absolute atomic E-state index is 9.97. The molecule has 0 radical (unpaired) electrons. The first-order valence-electron chi connectivity index (χ1n) is 4.08. The van der Waals surface area contributed by atoms with Crippen molar-refractivity contribution >= 4 is 14.8 Å². The van der Waals surface area contributed by atoms with Crippen molar-refractivity contribution in [3.63, 3.8) is 0 Å². The molecular formula is C7H14NO6P. The normalized spacial score (nSPS) is 15.6. The van der Waals surface area contributed by atoms with Crippen LogP contribution in [0, 0.1) is 0 Å². The zero-order valence-corrected chi connectivity index (χ0v) is 8.73. The van der Waals surface area contributed by atoms with Gasteiger partial charge >= 0.3 is 0 Å². The lowest BCUT2D eigenvalue weighted by Gasteiger charge is -2.16. The Bertz CT molecular complexity index is 212. The van der Waals surface area contributed by atoms with E-state index in [1.54, 1.807) is 0 Å². The average Bonchev–Trinajstić information content (AvgIpc) is 2.14. The van der Waals surface area contributed by atoms with Crippen LogP contribution in [-0.4, -0.2) is 55.4 Å². The van der Waals surface area contributed by atoms with Crippen molar-refractivity contribution in [1.82, 2.24) is 5.06 Å². The third-order valence-corrected chi connectivity index (χ3v) is 1.91. The Labute approximate surface area is 87.8 Å². The monoisotopic (exact) mass is 239 g/mol. The van der Waals surface area contributed by atoms with Crippen LogP contribution >= 0.6 is 8.38 Å². The van der Waals surface area contributed by atoms with Gasteiger partial charge in [0.15, 0.2) is 8.38 Å². The van der Waals surface area contributed by atoms with Crippen LogP contribution in [0.25, 0.3) is 0 Å². The summed E-state index contributed by atoms with van der Waals surface area (Å²) in [6.45, 7) is -0.318. The number of hydroxylamine groups is 2. The molecule has 7 nitrogen and oxygen atoms in total. The zero-order chi connectivity index (χ0) is 11.8. The number of nitrogens with zero attached hydrogens (tertiary/aromatic N) is 1. The Balaban J connectivity index is 3.85. The van der Waals surface area contributed by atoms with Gasteiger partial charge < -0.3 is 20.0 Å². The van der Waals surface area contributed by atoms with Crippen LogP contribution in [0.1, 0.15) is 6.42 Å². The lowest BCUT2D eigenvalue weighted by molar-refractivity contribution is -0.155. The second kappa shape index (κ2) is 7.70. The van der Waals surface area contributed by atoms with Crippen molar-refractivity contribution in [2.75, 3.05) is 6.54 Å². The lowest BCUT2D eigenvalue weighted by Crippen LogP contribution is -2.30. The molecule has 2 unspecified atom stereocenters. The van der Waals surface area contributed by atoms with E-state index in [9.17, 15) is 15.0 Å². The molecule has 0 aliphatic rings. The summed E-state index contributed by atoms with van der Waals surface area (Å²) >= 11 is 0. The molecule has 15 heavy (non-hydrogen) atoms. The van der Waals surface area contributed by atoms with Crippen molar-refractivity contribution in [3.05, 3.63) is 11.9 Å². The third-order valence-electron chi connectivity index (χ3n) is 1.47. The van der Waals surface area contributed by atoms with Crippen LogP contribution in [0.15, 0.2) is 11.9 Å². The fourth-order valence-electron chi connectivity index (χ4n) is 0.867. The van der Waals surface area contributed by atoms with E-state index in [0.29, 0.717) is 0 Å². The summed E-state index contributed by atoms with van der Waals surface area (Å²) in [5.74, 6) is 1.00. The molecule has 1 amide bonds. The lowest BCUT2D eigenvalue weighted by atomic mass is 10.1. The summed E-state index contributed by atoms with van der Waals surface area (Å²) in [7, 11) is -2.22. The predicted molar refractivity (Wildman–Crippen MR) is 51.7 cm³/mol. The summed E-state index contributed by atoms with van der Waals surface area (Å²) in [4.78, 5) is 26.9. The highest BCUT2D eigenvalue weighted by atomic mass is 31.2. The molecule has 0 spiro atoms. The van der Waals surface area contributed by atoms with Gasteiger partial charge in [-0.25, -0.2) is 5.06 Å². The number of aliphatic hydroxyl groups excluding tert-OH is 2. The standard InChI is InChI=1S/C7H14NO6P/c9-5-8(12)4-7(11)3-6(10)1-2-15(13)14/h1-2,5-7,10-14H,3-4H2/b2-1+. The first-order valence-corrected chi connectivity index (χ1v) is 5.39. The quantitative estimate of drug-likeness (QED) is 0.164. The number of carbonyl (C=O) groups is 1. The third kappa shape index (κ3) is 8.44. The van der Waals surface area contributed by atoms with Gasteiger partial charge in [0.25, 0.3) is 0 Å². The Morgan fingerprint density at radius 2 is 1.93 bits per heavy atom. The van der Waals surface area contributed by atoms with E-state index in [1.807, 2.05) is 0 Å². The number of carbonyl (C=O) groups excluding carboxylic acids is 1. The summed E-state index contributed by atoms with van der Waals surface area (Å²) < 4.78 is 0. The predicted octanol–water partition coefficient (Wildman–Crippen LogP) is -1.24. The second-order valence-corrected chi connectivity index (χ2v) is 3.79. The molecule has 0 aromatic heterocycles. The van der Waals surface area contributed by atoms with E-state index in [1.165, 1.54) is 0 Å². The van der Waals surface area contributed by atoms with Crippen LogP contribution < -0.4 is 0 Å². The van der Waals surface area contributed by atoms with E-state index >= 15 is 0 Å². The maximum atomic E-state index is 9.97. The van der Waals surface area contributed by atoms with Crippen molar-refractivity contribution in [3.8, 4) is 0 Å².